The van der Waals surface area contributed by atoms with Gasteiger partial charge in [-0.1, -0.05) is 0 Å². The van der Waals surface area contributed by atoms with Gasteiger partial charge in [0.15, 0.2) is 0 Å². The van der Waals surface area contributed by atoms with Gasteiger partial charge >= 0.3 is 0 Å². The topological polar surface area (TPSA) is 93.9 Å². The van der Waals surface area contributed by atoms with Crippen molar-refractivity contribution in [3.8, 4) is 23.6 Å². The molecule has 1 amide bonds. The molecule has 2 heterocycles. The van der Waals surface area contributed by atoms with Gasteiger partial charge in [0.25, 0.3) is 0 Å². The van der Waals surface area contributed by atoms with Crippen LogP contribution in [0.1, 0.15) is 24.3 Å². The fourth-order valence-corrected chi connectivity index (χ4v) is 2.72. The van der Waals surface area contributed by atoms with E-state index in [1.54, 1.807) is 18.3 Å². The summed E-state index contributed by atoms with van der Waals surface area (Å²) in [5.74, 6) is 0.969. The van der Waals surface area contributed by atoms with Gasteiger partial charge in [0.05, 0.1) is 37.1 Å². The Labute approximate surface area is 138 Å². The maximum Gasteiger partial charge on any atom is 0.228 e. The van der Waals surface area contributed by atoms with Gasteiger partial charge in [0, 0.05) is 24.0 Å². The van der Waals surface area contributed by atoms with Crippen molar-refractivity contribution in [3.63, 3.8) is 0 Å². The first-order chi connectivity index (χ1) is 11.2. The predicted molar refractivity (Wildman–Crippen MR) is 85.3 cm³/mol. The van der Waals surface area contributed by atoms with Crippen molar-refractivity contribution in [2.45, 2.75) is 26.2 Å². The maximum absolute atomic E-state index is 12.4. The highest BCUT2D eigenvalue weighted by atomic mass is 32.1. The molecular formula is C16H16N4O2S. The van der Waals surface area contributed by atoms with Crippen LogP contribution in [-0.4, -0.2) is 28.9 Å². The minimum Gasteiger partial charge on any atom is -0.441 e. The van der Waals surface area contributed by atoms with E-state index < -0.39 is 0 Å². The number of hydrogen-bond donors (Lipinski definition) is 0. The monoisotopic (exact) mass is 328 g/mol. The minimum absolute atomic E-state index is 0.107. The standard InChI is InChI=1S/C16H16N4O2S/c1-12-14(19-16(22-12)13-4-9-23-11-13)10-15(21)20(7-2-5-17)8-3-6-18/h4,9,11H,2-3,7-8,10H2,1H3. The number of thiophene rings is 1. The number of hydrogen-bond acceptors (Lipinski definition) is 6. The number of oxazole rings is 1. The lowest BCUT2D eigenvalue weighted by atomic mass is 10.2. The molecule has 23 heavy (non-hydrogen) atoms. The fourth-order valence-electron chi connectivity index (χ4n) is 2.09. The van der Waals surface area contributed by atoms with E-state index in [1.165, 1.54) is 4.90 Å². The number of rotatable bonds is 7. The number of carbonyl (C=O) groups is 1. The quantitative estimate of drug-likeness (QED) is 0.779. The van der Waals surface area contributed by atoms with Gasteiger partial charge < -0.3 is 9.32 Å². The molecule has 2 aromatic rings. The van der Waals surface area contributed by atoms with Crippen molar-refractivity contribution in [2.24, 2.45) is 0 Å². The zero-order chi connectivity index (χ0) is 16.7. The zero-order valence-corrected chi connectivity index (χ0v) is 13.6. The summed E-state index contributed by atoms with van der Waals surface area (Å²) in [7, 11) is 0. The van der Waals surface area contributed by atoms with Crippen LogP contribution in [0.3, 0.4) is 0 Å². The summed E-state index contributed by atoms with van der Waals surface area (Å²) in [5.41, 5.74) is 1.48. The normalized spacial score (nSPS) is 10.0. The first kappa shape index (κ1) is 16.7. The summed E-state index contributed by atoms with van der Waals surface area (Å²) in [5, 5.41) is 21.2. The molecule has 0 saturated carbocycles. The molecular weight excluding hydrogens is 312 g/mol. The van der Waals surface area contributed by atoms with Crippen LogP contribution in [0.15, 0.2) is 21.2 Å². The van der Waals surface area contributed by atoms with Gasteiger partial charge in [-0.05, 0) is 18.4 Å². The van der Waals surface area contributed by atoms with Gasteiger partial charge in [-0.15, -0.1) is 0 Å². The Balaban J connectivity index is 2.09. The van der Waals surface area contributed by atoms with Crippen LogP contribution in [0.5, 0.6) is 0 Å². The maximum atomic E-state index is 12.4. The molecule has 6 nitrogen and oxygen atoms in total. The van der Waals surface area contributed by atoms with Crippen molar-refractivity contribution in [2.75, 3.05) is 13.1 Å². The number of aryl methyl sites for hydroxylation is 1. The lowest BCUT2D eigenvalue weighted by molar-refractivity contribution is -0.130. The summed E-state index contributed by atoms with van der Waals surface area (Å²) in [6, 6.07) is 5.95. The van der Waals surface area contributed by atoms with E-state index in [0.717, 1.165) is 5.56 Å². The second-order valence-electron chi connectivity index (χ2n) is 4.91. The Bertz CT molecular complexity index is 719. The van der Waals surface area contributed by atoms with Crippen molar-refractivity contribution in [1.29, 1.82) is 10.5 Å². The van der Waals surface area contributed by atoms with E-state index in [1.807, 2.05) is 29.0 Å². The average molecular weight is 328 g/mol. The van der Waals surface area contributed by atoms with Crippen LogP contribution in [0.25, 0.3) is 11.5 Å². The predicted octanol–water partition coefficient (Wildman–Crippen LogP) is 2.91. The number of nitriles is 2. The highest BCUT2D eigenvalue weighted by molar-refractivity contribution is 7.08. The SMILES string of the molecule is Cc1oc(-c2ccsc2)nc1CC(=O)N(CCC#N)CCC#N. The van der Waals surface area contributed by atoms with Gasteiger partial charge in [0.2, 0.25) is 11.8 Å². The van der Waals surface area contributed by atoms with E-state index in [0.29, 0.717) is 30.4 Å². The van der Waals surface area contributed by atoms with Gasteiger partial charge in [-0.2, -0.15) is 21.9 Å². The molecule has 0 aromatic carbocycles. The second kappa shape index (κ2) is 8.11. The number of amides is 1. The molecule has 0 aliphatic heterocycles. The third kappa shape index (κ3) is 4.41. The molecule has 0 spiro atoms. The van der Waals surface area contributed by atoms with Gasteiger partial charge in [-0.25, -0.2) is 4.98 Å². The second-order valence-corrected chi connectivity index (χ2v) is 5.69. The van der Waals surface area contributed by atoms with E-state index in [9.17, 15) is 4.79 Å². The van der Waals surface area contributed by atoms with Crippen LogP contribution in [0.4, 0.5) is 0 Å². The molecule has 0 fully saturated rings. The van der Waals surface area contributed by atoms with E-state index in [2.05, 4.69) is 4.98 Å². The van der Waals surface area contributed by atoms with Crippen LogP contribution in [0, 0.1) is 29.6 Å². The van der Waals surface area contributed by atoms with Crippen molar-refractivity contribution >= 4 is 17.2 Å². The Morgan fingerprint density at radius 3 is 2.61 bits per heavy atom. The molecule has 7 heteroatoms. The molecule has 0 aliphatic rings. The van der Waals surface area contributed by atoms with Gasteiger partial charge in [0.1, 0.15) is 5.76 Å². The van der Waals surface area contributed by atoms with Crippen LogP contribution >= 0.6 is 11.3 Å². The molecule has 0 aliphatic carbocycles. The molecule has 0 N–H and O–H groups in total. The zero-order valence-electron chi connectivity index (χ0n) is 12.8. The Morgan fingerprint density at radius 2 is 2.04 bits per heavy atom. The Kier molecular flexibility index (Phi) is 5.90. The first-order valence-corrected chi connectivity index (χ1v) is 8.10. The van der Waals surface area contributed by atoms with Crippen molar-refractivity contribution in [3.05, 3.63) is 28.3 Å². The van der Waals surface area contributed by atoms with Crippen molar-refractivity contribution in [1.82, 2.24) is 9.88 Å². The molecule has 0 radical (unpaired) electrons. The molecule has 0 saturated heterocycles. The fraction of sp³-hybridized carbons (Fsp3) is 0.375. The van der Waals surface area contributed by atoms with Gasteiger partial charge in [-0.3, -0.25) is 4.79 Å². The summed E-state index contributed by atoms with van der Waals surface area (Å²) < 4.78 is 5.62. The molecule has 2 rings (SSSR count). The molecule has 0 atom stereocenters. The lowest BCUT2D eigenvalue weighted by Crippen LogP contribution is -2.34. The third-order valence-electron chi connectivity index (χ3n) is 3.32. The molecule has 0 bridgehead atoms. The van der Waals surface area contributed by atoms with E-state index in [-0.39, 0.29) is 25.2 Å². The van der Waals surface area contributed by atoms with E-state index >= 15 is 0 Å². The Morgan fingerprint density at radius 1 is 1.35 bits per heavy atom. The van der Waals surface area contributed by atoms with Crippen LogP contribution in [0.2, 0.25) is 0 Å². The average Bonchev–Trinajstić information content (AvgIpc) is 3.18. The number of nitrogens with zero attached hydrogens (tertiary/aromatic N) is 4. The van der Waals surface area contributed by atoms with E-state index in [4.69, 9.17) is 14.9 Å². The van der Waals surface area contributed by atoms with Crippen molar-refractivity contribution < 1.29 is 9.21 Å². The summed E-state index contributed by atoms with van der Waals surface area (Å²) in [6.07, 6.45) is 0.598. The Hall–Kier alpha value is -2.64. The molecule has 0 unspecified atom stereocenters. The largest absolute Gasteiger partial charge is 0.441 e. The van der Waals surface area contributed by atoms with Crippen LogP contribution < -0.4 is 0 Å². The highest BCUT2D eigenvalue weighted by Gasteiger charge is 2.19. The number of aromatic nitrogens is 1. The first-order valence-electron chi connectivity index (χ1n) is 7.16. The lowest BCUT2D eigenvalue weighted by Gasteiger charge is -2.19. The third-order valence-corrected chi connectivity index (χ3v) is 4.00. The smallest absolute Gasteiger partial charge is 0.228 e. The molecule has 2 aromatic heterocycles. The summed E-state index contributed by atoms with van der Waals surface area (Å²) in [4.78, 5) is 18.3. The molecule has 118 valence electrons. The minimum atomic E-state index is -0.149. The summed E-state index contributed by atoms with van der Waals surface area (Å²) >= 11 is 1.55. The summed E-state index contributed by atoms with van der Waals surface area (Å²) in [6.45, 7) is 2.43. The van der Waals surface area contributed by atoms with Crippen LogP contribution in [-0.2, 0) is 11.2 Å². The highest BCUT2D eigenvalue weighted by Crippen LogP contribution is 2.24. The number of carbonyl (C=O) groups excluding carboxylic acids is 1.